The summed E-state index contributed by atoms with van der Waals surface area (Å²) in [7, 11) is 2.65. The number of esters is 1. The minimum atomic E-state index is -1.26. The van der Waals surface area contributed by atoms with Gasteiger partial charge in [0.1, 0.15) is 18.0 Å². The van der Waals surface area contributed by atoms with Gasteiger partial charge in [0, 0.05) is 23.2 Å². The molecule has 1 atom stereocenters. The Morgan fingerprint density at radius 2 is 1.88 bits per heavy atom. The molecule has 3 rings (SSSR count). The number of aromatic hydroxyl groups is 1. The topological polar surface area (TPSA) is 148 Å². The second-order valence-electron chi connectivity index (χ2n) is 7.21. The lowest BCUT2D eigenvalue weighted by atomic mass is 9.88. The summed E-state index contributed by atoms with van der Waals surface area (Å²) in [6, 6.07) is 7.74. The van der Waals surface area contributed by atoms with Crippen molar-refractivity contribution in [3.05, 3.63) is 67.9 Å². The highest BCUT2D eigenvalue weighted by molar-refractivity contribution is 5.81. The molecule has 0 spiro atoms. The number of fused-ring (bicyclic) bond motifs is 1. The van der Waals surface area contributed by atoms with Crippen LogP contribution in [0.15, 0.2) is 39.9 Å². The van der Waals surface area contributed by atoms with E-state index < -0.39 is 47.7 Å². The molecule has 3 N–H and O–H groups in total. The first-order chi connectivity index (χ1) is 15.2. The van der Waals surface area contributed by atoms with Crippen molar-refractivity contribution in [3.8, 4) is 11.5 Å². The standard InChI is InChI=1S/C22H22N2O8/c1-11-6-17(25)20(22(30)24(11)10-18(26)27)14(9-19(28)32-3)15-7-12-4-5-13(31-2)8-16(12)23-21(15)29/h4-8,14,25H,9-10H2,1-3H3,(H,23,29)(H,26,27)/t14-/m0/s1. The van der Waals surface area contributed by atoms with Crippen molar-refractivity contribution < 1.29 is 29.3 Å². The highest BCUT2D eigenvalue weighted by Crippen LogP contribution is 2.32. The number of carbonyl (C=O) groups is 2. The summed E-state index contributed by atoms with van der Waals surface area (Å²) in [4.78, 5) is 52.2. The van der Waals surface area contributed by atoms with Crippen LogP contribution in [0.5, 0.6) is 11.5 Å². The van der Waals surface area contributed by atoms with Gasteiger partial charge in [-0.05, 0) is 36.6 Å². The Hall–Kier alpha value is -4.08. The maximum atomic E-state index is 13.1. The Labute approximate surface area is 181 Å². The zero-order valence-corrected chi connectivity index (χ0v) is 17.7. The molecular weight excluding hydrogens is 420 g/mol. The Morgan fingerprint density at radius 3 is 2.50 bits per heavy atom. The van der Waals surface area contributed by atoms with Crippen LogP contribution in [0.25, 0.3) is 10.9 Å². The van der Waals surface area contributed by atoms with Gasteiger partial charge < -0.3 is 29.2 Å². The number of pyridine rings is 2. The lowest BCUT2D eigenvalue weighted by Crippen LogP contribution is -2.32. The smallest absolute Gasteiger partial charge is 0.323 e. The van der Waals surface area contributed by atoms with Crippen LogP contribution >= 0.6 is 0 Å². The molecule has 0 aliphatic carbocycles. The van der Waals surface area contributed by atoms with Crippen LogP contribution in [0.4, 0.5) is 0 Å². The first-order valence-electron chi connectivity index (χ1n) is 9.59. The second-order valence-corrected chi connectivity index (χ2v) is 7.21. The van der Waals surface area contributed by atoms with Crippen molar-refractivity contribution in [2.24, 2.45) is 0 Å². The third kappa shape index (κ3) is 4.34. The number of hydrogen-bond acceptors (Lipinski definition) is 7. The number of benzene rings is 1. The van der Waals surface area contributed by atoms with Crippen molar-refractivity contribution in [1.29, 1.82) is 0 Å². The van der Waals surface area contributed by atoms with Crippen molar-refractivity contribution in [2.75, 3.05) is 14.2 Å². The van der Waals surface area contributed by atoms with E-state index in [1.54, 1.807) is 18.2 Å². The molecule has 168 valence electrons. The van der Waals surface area contributed by atoms with Crippen LogP contribution in [0, 0.1) is 6.92 Å². The van der Waals surface area contributed by atoms with Gasteiger partial charge in [-0.2, -0.15) is 0 Å². The summed E-state index contributed by atoms with van der Waals surface area (Å²) < 4.78 is 10.8. The Balaban J connectivity index is 2.29. The summed E-state index contributed by atoms with van der Waals surface area (Å²) in [6.45, 7) is 0.829. The van der Waals surface area contributed by atoms with E-state index in [1.807, 2.05) is 0 Å². The van der Waals surface area contributed by atoms with Crippen LogP contribution < -0.4 is 15.9 Å². The van der Waals surface area contributed by atoms with Gasteiger partial charge in [-0.1, -0.05) is 0 Å². The van der Waals surface area contributed by atoms with E-state index in [2.05, 4.69) is 4.98 Å². The Morgan fingerprint density at radius 1 is 1.16 bits per heavy atom. The zero-order chi connectivity index (χ0) is 23.6. The minimum absolute atomic E-state index is 0.0474. The maximum Gasteiger partial charge on any atom is 0.323 e. The van der Waals surface area contributed by atoms with E-state index in [0.29, 0.717) is 16.7 Å². The van der Waals surface area contributed by atoms with Crippen LogP contribution in [-0.4, -0.2) is 45.9 Å². The van der Waals surface area contributed by atoms with E-state index in [4.69, 9.17) is 14.6 Å². The third-order valence-electron chi connectivity index (χ3n) is 5.22. The van der Waals surface area contributed by atoms with E-state index in [0.717, 1.165) is 11.7 Å². The molecule has 0 aliphatic rings. The fourth-order valence-corrected chi connectivity index (χ4v) is 3.63. The molecule has 0 amide bonds. The highest BCUT2D eigenvalue weighted by atomic mass is 16.5. The van der Waals surface area contributed by atoms with Gasteiger partial charge in [0.05, 0.1) is 31.7 Å². The predicted molar refractivity (Wildman–Crippen MR) is 114 cm³/mol. The van der Waals surface area contributed by atoms with Crippen LogP contribution in [0.3, 0.4) is 0 Å². The van der Waals surface area contributed by atoms with Crippen LogP contribution in [-0.2, 0) is 20.9 Å². The molecule has 10 heteroatoms. The summed E-state index contributed by atoms with van der Waals surface area (Å²) in [5.41, 5.74) is -0.912. The fraction of sp³-hybridized carbons (Fsp3) is 0.273. The van der Waals surface area contributed by atoms with Crippen molar-refractivity contribution in [3.63, 3.8) is 0 Å². The maximum absolute atomic E-state index is 13.1. The van der Waals surface area contributed by atoms with Gasteiger partial charge in [-0.25, -0.2) is 0 Å². The van der Waals surface area contributed by atoms with E-state index >= 15 is 0 Å². The molecule has 0 aliphatic heterocycles. The van der Waals surface area contributed by atoms with Crippen molar-refractivity contribution >= 4 is 22.8 Å². The number of carboxylic acid groups (broad SMARTS) is 1. The first kappa shape index (κ1) is 22.6. The van der Waals surface area contributed by atoms with Gasteiger partial charge >= 0.3 is 11.9 Å². The second kappa shape index (κ2) is 8.96. The highest BCUT2D eigenvalue weighted by Gasteiger charge is 2.29. The third-order valence-corrected chi connectivity index (χ3v) is 5.22. The molecule has 2 heterocycles. The predicted octanol–water partition coefficient (Wildman–Crippen LogP) is 1.49. The average molecular weight is 442 g/mol. The number of aromatic amines is 1. The molecule has 0 unspecified atom stereocenters. The molecule has 1 aromatic carbocycles. The SMILES string of the molecule is COC(=O)C[C@@H](c1cc2ccc(OC)cc2[nH]c1=O)c1c(O)cc(C)n(CC(=O)O)c1=O. The van der Waals surface area contributed by atoms with E-state index in [-0.39, 0.29) is 16.8 Å². The summed E-state index contributed by atoms with van der Waals surface area (Å²) >= 11 is 0. The number of carbonyl (C=O) groups excluding carboxylic acids is 1. The van der Waals surface area contributed by atoms with Crippen LogP contribution in [0.1, 0.15) is 29.2 Å². The number of carboxylic acids is 1. The summed E-state index contributed by atoms with van der Waals surface area (Å²) in [6.07, 6.45) is -0.416. The summed E-state index contributed by atoms with van der Waals surface area (Å²) in [5, 5.41) is 20.3. The van der Waals surface area contributed by atoms with Gasteiger partial charge in [0.15, 0.2) is 0 Å². The molecule has 0 saturated heterocycles. The molecule has 0 radical (unpaired) electrons. The van der Waals surface area contributed by atoms with E-state index in [9.17, 15) is 24.3 Å². The largest absolute Gasteiger partial charge is 0.507 e. The molecule has 2 aromatic heterocycles. The molecular formula is C22H22N2O8. The van der Waals surface area contributed by atoms with Gasteiger partial charge in [-0.15, -0.1) is 0 Å². The number of nitrogens with zero attached hydrogens (tertiary/aromatic N) is 1. The van der Waals surface area contributed by atoms with Crippen molar-refractivity contribution in [2.45, 2.75) is 25.8 Å². The quantitative estimate of drug-likeness (QED) is 0.466. The van der Waals surface area contributed by atoms with E-state index in [1.165, 1.54) is 26.2 Å². The van der Waals surface area contributed by atoms with Gasteiger partial charge in [-0.3, -0.25) is 19.2 Å². The zero-order valence-electron chi connectivity index (χ0n) is 17.7. The monoisotopic (exact) mass is 442 g/mol. The number of nitrogens with one attached hydrogen (secondary N) is 1. The minimum Gasteiger partial charge on any atom is -0.507 e. The number of aryl methyl sites for hydroxylation is 1. The number of ether oxygens (including phenoxy) is 2. The molecule has 0 saturated carbocycles. The lowest BCUT2D eigenvalue weighted by Gasteiger charge is -2.19. The summed E-state index contributed by atoms with van der Waals surface area (Å²) in [5.74, 6) is -3.06. The van der Waals surface area contributed by atoms with Crippen LogP contribution in [0.2, 0.25) is 0 Å². The molecule has 32 heavy (non-hydrogen) atoms. The number of H-pyrrole nitrogens is 1. The normalized spacial score (nSPS) is 11.8. The number of methoxy groups -OCH3 is 2. The molecule has 10 nitrogen and oxygen atoms in total. The molecule has 3 aromatic rings. The number of hydrogen-bond donors (Lipinski definition) is 3. The Kier molecular flexibility index (Phi) is 6.33. The average Bonchev–Trinajstić information content (AvgIpc) is 2.74. The van der Waals surface area contributed by atoms with Gasteiger partial charge in [0.2, 0.25) is 0 Å². The fourth-order valence-electron chi connectivity index (χ4n) is 3.63. The van der Waals surface area contributed by atoms with Crippen molar-refractivity contribution in [1.82, 2.24) is 9.55 Å². The Bertz CT molecular complexity index is 1320. The number of rotatable bonds is 7. The first-order valence-corrected chi connectivity index (χ1v) is 9.59. The molecule has 0 bridgehead atoms. The number of aromatic nitrogens is 2. The van der Waals surface area contributed by atoms with Gasteiger partial charge in [0.25, 0.3) is 11.1 Å². The lowest BCUT2D eigenvalue weighted by molar-refractivity contribution is -0.141. The number of aliphatic carboxylic acids is 1. The molecule has 0 fully saturated rings.